The molecular formula is C13H15ClN+. The van der Waals surface area contributed by atoms with Crippen LogP contribution in [0.1, 0.15) is 20.8 Å². The van der Waals surface area contributed by atoms with Crippen molar-refractivity contribution in [2.24, 2.45) is 0 Å². The average Bonchev–Trinajstić information content (AvgIpc) is 2.15. The molecule has 0 fully saturated rings. The SMILES string of the molecule is CC(C)(C)[n+]1cc(Cl)cc2ccccc21. The molecule has 2 heteroatoms. The van der Waals surface area contributed by atoms with Crippen LogP contribution < -0.4 is 4.57 Å². The van der Waals surface area contributed by atoms with Crippen molar-refractivity contribution in [1.82, 2.24) is 0 Å². The molecule has 0 spiro atoms. The molecule has 2 rings (SSSR count). The standard InChI is InChI=1S/C13H15ClN/c1-13(2,3)15-9-11(14)8-10-6-4-5-7-12(10)15/h4-9H,1-3H3/q+1. The van der Waals surface area contributed by atoms with E-state index in [4.69, 9.17) is 11.6 Å². The normalized spacial score (nSPS) is 12.0. The van der Waals surface area contributed by atoms with Crippen LogP contribution in [0, 0.1) is 0 Å². The first-order valence-corrected chi connectivity index (χ1v) is 5.47. The summed E-state index contributed by atoms with van der Waals surface area (Å²) in [5.41, 5.74) is 1.26. The van der Waals surface area contributed by atoms with Crippen molar-refractivity contribution >= 4 is 22.5 Å². The van der Waals surface area contributed by atoms with Gasteiger partial charge in [0.25, 0.3) is 0 Å². The summed E-state index contributed by atoms with van der Waals surface area (Å²) in [4.78, 5) is 0. The van der Waals surface area contributed by atoms with Gasteiger partial charge in [-0.1, -0.05) is 23.7 Å². The topological polar surface area (TPSA) is 3.88 Å². The monoisotopic (exact) mass is 220 g/mol. The van der Waals surface area contributed by atoms with Crippen LogP contribution >= 0.6 is 11.6 Å². The molecule has 2 aromatic rings. The van der Waals surface area contributed by atoms with E-state index in [0.717, 1.165) is 5.02 Å². The third-order valence-electron chi connectivity index (χ3n) is 2.46. The summed E-state index contributed by atoms with van der Waals surface area (Å²) in [5.74, 6) is 0. The third-order valence-corrected chi connectivity index (χ3v) is 2.67. The smallest absolute Gasteiger partial charge is 0.192 e. The summed E-state index contributed by atoms with van der Waals surface area (Å²) >= 11 is 6.11. The lowest BCUT2D eigenvalue weighted by molar-refractivity contribution is -0.730. The maximum Gasteiger partial charge on any atom is 0.212 e. The highest BCUT2D eigenvalue weighted by Crippen LogP contribution is 2.18. The van der Waals surface area contributed by atoms with E-state index in [9.17, 15) is 0 Å². The first-order valence-electron chi connectivity index (χ1n) is 5.09. The zero-order chi connectivity index (χ0) is 11.1. The highest BCUT2D eigenvalue weighted by Gasteiger charge is 2.24. The number of hydrogen-bond acceptors (Lipinski definition) is 0. The van der Waals surface area contributed by atoms with Gasteiger partial charge in [-0.15, -0.1) is 0 Å². The van der Waals surface area contributed by atoms with Crippen LogP contribution in [0.3, 0.4) is 0 Å². The minimum absolute atomic E-state index is 0.0461. The van der Waals surface area contributed by atoms with E-state index in [1.807, 2.05) is 18.3 Å². The maximum absolute atomic E-state index is 6.11. The molecule has 0 saturated carbocycles. The number of pyridine rings is 1. The fourth-order valence-corrected chi connectivity index (χ4v) is 1.98. The second kappa shape index (κ2) is 3.49. The Morgan fingerprint density at radius 3 is 2.47 bits per heavy atom. The van der Waals surface area contributed by atoms with Crippen LogP contribution in [-0.4, -0.2) is 0 Å². The molecule has 78 valence electrons. The summed E-state index contributed by atoms with van der Waals surface area (Å²) in [6.45, 7) is 6.53. The number of halogens is 1. The van der Waals surface area contributed by atoms with Gasteiger partial charge in [-0.2, -0.15) is 4.57 Å². The van der Waals surface area contributed by atoms with E-state index in [-0.39, 0.29) is 5.54 Å². The highest BCUT2D eigenvalue weighted by molar-refractivity contribution is 6.30. The fourth-order valence-electron chi connectivity index (χ4n) is 1.76. The molecule has 0 amide bonds. The molecule has 0 aliphatic rings. The number of fused-ring (bicyclic) bond motifs is 1. The zero-order valence-corrected chi connectivity index (χ0v) is 10.0. The van der Waals surface area contributed by atoms with Gasteiger partial charge >= 0.3 is 0 Å². The molecule has 0 aliphatic carbocycles. The van der Waals surface area contributed by atoms with Gasteiger partial charge < -0.3 is 0 Å². The molecule has 0 radical (unpaired) electrons. The lowest BCUT2D eigenvalue weighted by Crippen LogP contribution is -2.50. The third kappa shape index (κ3) is 1.98. The first kappa shape index (κ1) is 10.4. The Morgan fingerprint density at radius 2 is 1.80 bits per heavy atom. The van der Waals surface area contributed by atoms with E-state index in [2.05, 4.69) is 43.5 Å². The predicted molar refractivity (Wildman–Crippen MR) is 64.1 cm³/mol. The van der Waals surface area contributed by atoms with E-state index in [1.165, 1.54) is 10.9 Å². The number of aromatic nitrogens is 1. The second-order valence-corrected chi connectivity index (χ2v) is 5.19. The first-order chi connectivity index (χ1) is 6.98. The predicted octanol–water partition coefficient (Wildman–Crippen LogP) is 3.54. The van der Waals surface area contributed by atoms with Crippen molar-refractivity contribution in [2.45, 2.75) is 26.3 Å². The molecule has 0 atom stereocenters. The van der Waals surface area contributed by atoms with E-state index < -0.39 is 0 Å². The van der Waals surface area contributed by atoms with Gasteiger partial charge in [0, 0.05) is 32.2 Å². The largest absolute Gasteiger partial charge is 0.212 e. The molecule has 0 saturated heterocycles. The van der Waals surface area contributed by atoms with Crippen LogP contribution in [0.25, 0.3) is 10.9 Å². The van der Waals surface area contributed by atoms with Gasteiger partial charge in [0.1, 0.15) is 5.02 Å². The Balaban J connectivity index is 2.83. The van der Waals surface area contributed by atoms with Crippen LogP contribution in [-0.2, 0) is 5.54 Å². The molecule has 1 aromatic carbocycles. The minimum Gasteiger partial charge on any atom is -0.192 e. The van der Waals surface area contributed by atoms with E-state index >= 15 is 0 Å². The summed E-state index contributed by atoms with van der Waals surface area (Å²) in [6, 6.07) is 10.3. The molecule has 15 heavy (non-hydrogen) atoms. The average molecular weight is 221 g/mol. The van der Waals surface area contributed by atoms with E-state index in [1.54, 1.807) is 0 Å². The van der Waals surface area contributed by atoms with Gasteiger partial charge in [0.15, 0.2) is 11.7 Å². The Morgan fingerprint density at radius 1 is 1.13 bits per heavy atom. The van der Waals surface area contributed by atoms with Crippen LogP contribution in [0.15, 0.2) is 36.5 Å². The molecule has 0 aliphatic heterocycles. The van der Waals surface area contributed by atoms with Crippen molar-refractivity contribution in [3.63, 3.8) is 0 Å². The van der Waals surface area contributed by atoms with Crippen molar-refractivity contribution in [3.05, 3.63) is 41.6 Å². The summed E-state index contributed by atoms with van der Waals surface area (Å²) in [6.07, 6.45) is 1.99. The van der Waals surface area contributed by atoms with Gasteiger partial charge in [0.05, 0.1) is 0 Å². The highest BCUT2D eigenvalue weighted by atomic mass is 35.5. The fraction of sp³-hybridized carbons (Fsp3) is 0.308. The number of nitrogens with zero attached hydrogens (tertiary/aromatic N) is 1. The molecule has 1 heterocycles. The number of hydrogen-bond donors (Lipinski definition) is 0. The van der Waals surface area contributed by atoms with Crippen LogP contribution in [0.4, 0.5) is 0 Å². The summed E-state index contributed by atoms with van der Waals surface area (Å²) in [7, 11) is 0. The lowest BCUT2D eigenvalue weighted by Gasteiger charge is -2.15. The van der Waals surface area contributed by atoms with Crippen molar-refractivity contribution in [3.8, 4) is 0 Å². The molecule has 1 aromatic heterocycles. The molecule has 1 nitrogen and oxygen atoms in total. The maximum atomic E-state index is 6.11. The number of benzene rings is 1. The van der Waals surface area contributed by atoms with Gasteiger partial charge in [-0.25, -0.2) is 0 Å². The second-order valence-electron chi connectivity index (χ2n) is 4.76. The van der Waals surface area contributed by atoms with Gasteiger partial charge in [-0.05, 0) is 12.1 Å². The van der Waals surface area contributed by atoms with Crippen molar-refractivity contribution < 1.29 is 4.57 Å². The molecular weight excluding hydrogens is 206 g/mol. The molecule has 0 bridgehead atoms. The minimum atomic E-state index is 0.0461. The summed E-state index contributed by atoms with van der Waals surface area (Å²) < 4.78 is 2.21. The lowest BCUT2D eigenvalue weighted by atomic mass is 10.1. The Hall–Kier alpha value is -1.08. The van der Waals surface area contributed by atoms with Crippen LogP contribution in [0.2, 0.25) is 5.02 Å². The Labute approximate surface area is 95.3 Å². The van der Waals surface area contributed by atoms with Crippen LogP contribution in [0.5, 0.6) is 0 Å². The molecule has 0 unspecified atom stereocenters. The number of rotatable bonds is 0. The quantitative estimate of drug-likeness (QED) is 0.598. The Kier molecular flexibility index (Phi) is 2.43. The zero-order valence-electron chi connectivity index (χ0n) is 9.29. The van der Waals surface area contributed by atoms with Crippen molar-refractivity contribution in [2.75, 3.05) is 0 Å². The molecule has 0 N–H and O–H groups in total. The van der Waals surface area contributed by atoms with E-state index in [0.29, 0.717) is 0 Å². The van der Waals surface area contributed by atoms with Crippen molar-refractivity contribution in [1.29, 1.82) is 0 Å². The Bertz CT molecular complexity index is 497. The van der Waals surface area contributed by atoms with Gasteiger partial charge in [0.2, 0.25) is 5.52 Å². The van der Waals surface area contributed by atoms with Gasteiger partial charge in [-0.3, -0.25) is 0 Å². The summed E-state index contributed by atoms with van der Waals surface area (Å²) in [5, 5.41) is 1.96. The number of para-hydroxylation sites is 1.